The molecule has 0 spiro atoms. The molecule has 4 aliphatic rings. The second-order valence-electron chi connectivity index (χ2n) is 11.6. The van der Waals surface area contributed by atoms with Crippen molar-refractivity contribution in [1.82, 2.24) is 10.6 Å². The van der Waals surface area contributed by atoms with E-state index in [2.05, 4.69) is 45.3 Å². The Hall–Kier alpha value is -0.610. The van der Waals surface area contributed by atoms with Crippen LogP contribution in [0.2, 0.25) is 0 Å². The van der Waals surface area contributed by atoms with E-state index in [4.69, 9.17) is 0 Å². The Kier molecular flexibility index (Phi) is 4.71. The smallest absolute Gasteiger partial charge is 0.224 e. The van der Waals surface area contributed by atoms with Crippen LogP contribution >= 0.6 is 0 Å². The number of aliphatic hydroxyl groups is 1. The third-order valence-corrected chi connectivity index (χ3v) is 9.03. The number of piperidine rings is 1. The summed E-state index contributed by atoms with van der Waals surface area (Å²) in [6.45, 7) is 11.2. The first-order valence-corrected chi connectivity index (χ1v) is 11.3. The Labute approximate surface area is 165 Å². The maximum absolute atomic E-state index is 13.1. The van der Waals surface area contributed by atoms with Crippen LogP contribution in [-0.4, -0.2) is 28.8 Å². The van der Waals surface area contributed by atoms with Crippen molar-refractivity contribution in [3.05, 3.63) is 0 Å². The lowest BCUT2D eigenvalue weighted by Gasteiger charge is -2.60. The van der Waals surface area contributed by atoms with Gasteiger partial charge in [0.1, 0.15) is 6.23 Å². The van der Waals surface area contributed by atoms with Crippen LogP contribution in [-0.2, 0) is 4.79 Å². The summed E-state index contributed by atoms with van der Waals surface area (Å²) in [5, 5.41) is 16.9. The second kappa shape index (κ2) is 6.45. The highest BCUT2D eigenvalue weighted by atomic mass is 16.3. The lowest BCUT2D eigenvalue weighted by molar-refractivity contribution is -0.138. The molecule has 154 valence electrons. The monoisotopic (exact) mass is 376 g/mol. The standard InChI is InChI=1S/C23H40N2O2/c1-21(2,3)25-20(27)17-8-7-15-14-6-9-18-23(5,13-11-19(26)24-18)16(14)10-12-22(15,17)4/h14-19,24,26H,6-13H2,1-5H3,(H,25,27)/t14-,15-,16-,17+,18+,19?,22-,23+/m0/s1. The average Bonchev–Trinajstić information content (AvgIpc) is 2.91. The highest BCUT2D eigenvalue weighted by molar-refractivity contribution is 5.80. The Balaban J connectivity index is 1.55. The van der Waals surface area contributed by atoms with Crippen LogP contribution in [0.3, 0.4) is 0 Å². The Bertz CT molecular complexity index is 600. The molecule has 1 heterocycles. The van der Waals surface area contributed by atoms with E-state index in [0.29, 0.717) is 17.4 Å². The van der Waals surface area contributed by atoms with Crippen molar-refractivity contribution < 1.29 is 9.90 Å². The first-order chi connectivity index (χ1) is 12.5. The fourth-order valence-electron chi connectivity index (χ4n) is 7.74. The fraction of sp³-hybridized carbons (Fsp3) is 0.957. The lowest BCUT2D eigenvalue weighted by Crippen LogP contribution is -2.62. The van der Waals surface area contributed by atoms with Gasteiger partial charge >= 0.3 is 0 Å². The van der Waals surface area contributed by atoms with E-state index in [9.17, 15) is 9.90 Å². The Morgan fingerprint density at radius 3 is 2.33 bits per heavy atom. The molecule has 0 bridgehead atoms. The number of hydrogen-bond donors (Lipinski definition) is 3. The molecule has 3 saturated carbocycles. The topological polar surface area (TPSA) is 61.4 Å². The molecule has 8 atom stereocenters. The minimum Gasteiger partial charge on any atom is -0.379 e. The van der Waals surface area contributed by atoms with E-state index < -0.39 is 0 Å². The van der Waals surface area contributed by atoms with Crippen molar-refractivity contribution >= 4 is 5.91 Å². The minimum atomic E-state index is -0.314. The Morgan fingerprint density at radius 2 is 1.63 bits per heavy atom. The zero-order chi connectivity index (χ0) is 19.6. The molecule has 0 aromatic carbocycles. The van der Waals surface area contributed by atoms with Gasteiger partial charge in [-0.15, -0.1) is 0 Å². The van der Waals surface area contributed by atoms with Crippen LogP contribution in [0.5, 0.6) is 0 Å². The average molecular weight is 377 g/mol. The van der Waals surface area contributed by atoms with Gasteiger partial charge in [0.25, 0.3) is 0 Å². The number of carbonyl (C=O) groups excluding carboxylic acids is 1. The number of nitrogens with one attached hydrogen (secondary N) is 2. The maximum atomic E-state index is 13.1. The van der Waals surface area contributed by atoms with Crippen LogP contribution in [0, 0.1) is 34.5 Å². The second-order valence-corrected chi connectivity index (χ2v) is 11.6. The predicted molar refractivity (Wildman–Crippen MR) is 108 cm³/mol. The summed E-state index contributed by atoms with van der Waals surface area (Å²) in [5.74, 6) is 2.66. The van der Waals surface area contributed by atoms with Crippen LogP contribution in [0.15, 0.2) is 0 Å². The Morgan fingerprint density at radius 1 is 0.963 bits per heavy atom. The van der Waals surface area contributed by atoms with Crippen LogP contribution < -0.4 is 10.6 Å². The van der Waals surface area contributed by atoms with Crippen molar-refractivity contribution in [2.45, 2.75) is 104 Å². The third kappa shape index (κ3) is 3.15. The number of carbonyl (C=O) groups is 1. The molecule has 4 rings (SSSR count). The number of amides is 1. The van der Waals surface area contributed by atoms with E-state index in [1.807, 2.05) is 0 Å². The van der Waals surface area contributed by atoms with Crippen molar-refractivity contribution in [3.8, 4) is 0 Å². The molecular formula is C23H40N2O2. The van der Waals surface area contributed by atoms with Gasteiger partial charge in [0.05, 0.1) is 0 Å². The van der Waals surface area contributed by atoms with Gasteiger partial charge in [-0.1, -0.05) is 13.8 Å². The summed E-state index contributed by atoms with van der Waals surface area (Å²) in [5.41, 5.74) is 0.333. The molecule has 1 aliphatic heterocycles. The summed E-state index contributed by atoms with van der Waals surface area (Å²) >= 11 is 0. The fourth-order valence-corrected chi connectivity index (χ4v) is 7.74. The molecule has 3 aliphatic carbocycles. The van der Waals surface area contributed by atoms with E-state index in [0.717, 1.165) is 31.1 Å². The number of fused-ring (bicyclic) bond motifs is 5. The van der Waals surface area contributed by atoms with Crippen LogP contribution in [0.25, 0.3) is 0 Å². The number of aliphatic hydroxyl groups excluding tert-OH is 1. The van der Waals surface area contributed by atoms with Crippen LogP contribution in [0.4, 0.5) is 0 Å². The molecule has 4 fully saturated rings. The molecule has 1 amide bonds. The quantitative estimate of drug-likeness (QED) is 0.652. The lowest BCUT2D eigenvalue weighted by atomic mass is 9.47. The van der Waals surface area contributed by atoms with Gasteiger partial charge < -0.3 is 10.4 Å². The molecule has 1 saturated heterocycles. The molecular weight excluding hydrogens is 336 g/mol. The molecule has 0 aromatic rings. The summed E-state index contributed by atoms with van der Waals surface area (Å²) < 4.78 is 0. The van der Waals surface area contributed by atoms with Crippen molar-refractivity contribution in [1.29, 1.82) is 0 Å². The normalized spacial score (nSPS) is 49.7. The SMILES string of the molecule is CC(C)(C)NC(=O)[C@H]1CC[C@H]2[C@@H]3CC[C@H]4NC(O)CC[C@]4(C)[C@H]3CC[C@]12C. The molecule has 27 heavy (non-hydrogen) atoms. The summed E-state index contributed by atoms with van der Waals surface area (Å²) in [7, 11) is 0. The summed E-state index contributed by atoms with van der Waals surface area (Å²) in [4.78, 5) is 13.1. The van der Waals surface area contributed by atoms with Crippen molar-refractivity contribution in [3.63, 3.8) is 0 Å². The molecule has 4 nitrogen and oxygen atoms in total. The molecule has 1 unspecified atom stereocenters. The third-order valence-electron chi connectivity index (χ3n) is 9.03. The largest absolute Gasteiger partial charge is 0.379 e. The number of rotatable bonds is 1. The molecule has 0 aromatic heterocycles. The van der Waals surface area contributed by atoms with Gasteiger partial charge in [-0.2, -0.15) is 0 Å². The van der Waals surface area contributed by atoms with Crippen molar-refractivity contribution in [2.75, 3.05) is 0 Å². The molecule has 0 radical (unpaired) electrons. The van der Waals surface area contributed by atoms with Gasteiger partial charge in [0.15, 0.2) is 0 Å². The van der Waals surface area contributed by atoms with Gasteiger partial charge in [0.2, 0.25) is 5.91 Å². The van der Waals surface area contributed by atoms with Gasteiger partial charge in [0, 0.05) is 17.5 Å². The summed E-state index contributed by atoms with van der Waals surface area (Å²) in [6, 6.07) is 0.466. The van der Waals surface area contributed by atoms with E-state index in [1.165, 1.54) is 32.1 Å². The molecule has 4 heteroatoms. The number of hydrogen-bond acceptors (Lipinski definition) is 3. The first-order valence-electron chi connectivity index (χ1n) is 11.3. The highest BCUT2D eigenvalue weighted by Gasteiger charge is 2.61. The van der Waals surface area contributed by atoms with Crippen LogP contribution in [0.1, 0.15) is 86.0 Å². The van der Waals surface area contributed by atoms with E-state index >= 15 is 0 Å². The first kappa shape index (κ1) is 19.7. The molecule has 3 N–H and O–H groups in total. The van der Waals surface area contributed by atoms with Crippen molar-refractivity contribution in [2.24, 2.45) is 34.5 Å². The van der Waals surface area contributed by atoms with Gasteiger partial charge in [-0.3, -0.25) is 10.1 Å². The predicted octanol–water partition coefficient (Wildman–Crippen LogP) is 3.83. The van der Waals surface area contributed by atoms with Gasteiger partial charge in [-0.25, -0.2) is 0 Å². The van der Waals surface area contributed by atoms with E-state index in [-0.39, 0.29) is 29.0 Å². The minimum absolute atomic E-state index is 0.150. The maximum Gasteiger partial charge on any atom is 0.224 e. The zero-order valence-corrected chi connectivity index (χ0v) is 18.0. The summed E-state index contributed by atoms with van der Waals surface area (Å²) in [6.07, 6.45) is 8.87. The zero-order valence-electron chi connectivity index (χ0n) is 18.0. The highest BCUT2D eigenvalue weighted by Crippen LogP contribution is 2.65. The van der Waals surface area contributed by atoms with Gasteiger partial charge in [-0.05, 0) is 101 Å². The van der Waals surface area contributed by atoms with E-state index in [1.54, 1.807) is 0 Å².